The molecule has 0 spiro atoms. The monoisotopic (exact) mass is 480 g/mol. The quantitative estimate of drug-likeness (QED) is 0.472. The Morgan fingerprint density at radius 2 is 1.80 bits per heavy atom. The predicted octanol–water partition coefficient (Wildman–Crippen LogP) is 3.57. The number of rotatable bonds is 5. The summed E-state index contributed by atoms with van der Waals surface area (Å²) in [7, 11) is 0. The summed E-state index contributed by atoms with van der Waals surface area (Å²) in [5, 5.41) is 7.27. The van der Waals surface area contributed by atoms with Crippen LogP contribution in [-0.4, -0.2) is 43.5 Å². The molecule has 0 unspecified atom stereocenters. The summed E-state index contributed by atoms with van der Waals surface area (Å²) in [5.41, 5.74) is 1.83. The van der Waals surface area contributed by atoms with Crippen LogP contribution in [0.15, 0.2) is 67.1 Å². The van der Waals surface area contributed by atoms with Crippen LogP contribution >= 0.6 is 0 Å². The van der Waals surface area contributed by atoms with Crippen molar-refractivity contribution in [3.8, 4) is 5.95 Å². The number of anilines is 1. The number of nitrogens with one attached hydrogen (secondary N) is 1. The normalized spacial score (nSPS) is 18.3. The largest absolute Gasteiger partial charge is 0.345 e. The molecule has 11 heteroatoms. The van der Waals surface area contributed by atoms with Crippen LogP contribution in [-0.2, 0) is 9.59 Å². The average Bonchev–Trinajstić information content (AvgIpc) is 3.39. The lowest BCUT2D eigenvalue weighted by molar-refractivity contribution is -0.143. The van der Waals surface area contributed by atoms with Gasteiger partial charge in [-0.15, -0.1) is 0 Å². The molecular formula is C24H19F3N6O2. The van der Waals surface area contributed by atoms with Crippen LogP contribution in [0.4, 0.5) is 18.9 Å². The summed E-state index contributed by atoms with van der Waals surface area (Å²) in [4.78, 5) is 34.5. The van der Waals surface area contributed by atoms with E-state index in [1.807, 2.05) is 0 Å². The predicted molar refractivity (Wildman–Crippen MR) is 120 cm³/mol. The molecular weight excluding hydrogens is 461 g/mol. The maximum absolute atomic E-state index is 13.6. The molecule has 0 saturated carbocycles. The van der Waals surface area contributed by atoms with E-state index in [4.69, 9.17) is 0 Å². The molecule has 5 rings (SSSR count). The Morgan fingerprint density at radius 3 is 2.49 bits per heavy atom. The van der Waals surface area contributed by atoms with Gasteiger partial charge in [-0.2, -0.15) is 18.6 Å². The van der Waals surface area contributed by atoms with Gasteiger partial charge in [-0.1, -0.05) is 30.3 Å². The third kappa shape index (κ3) is 4.20. The van der Waals surface area contributed by atoms with Gasteiger partial charge in [0.2, 0.25) is 5.91 Å². The molecule has 2 aromatic carbocycles. The van der Waals surface area contributed by atoms with Crippen molar-refractivity contribution in [1.29, 1.82) is 0 Å². The highest BCUT2D eigenvalue weighted by Gasteiger charge is 2.45. The second kappa shape index (κ2) is 8.49. The molecule has 8 nitrogen and oxygen atoms in total. The van der Waals surface area contributed by atoms with E-state index in [2.05, 4.69) is 20.4 Å². The summed E-state index contributed by atoms with van der Waals surface area (Å²) < 4.78 is 41.8. The maximum Gasteiger partial charge on any atom is 0.321 e. The highest BCUT2D eigenvalue weighted by atomic mass is 19.3. The molecule has 178 valence electrons. The standard InChI is InChI=1S/C24H19F3N6O2/c1-24(26,27)22(35)31-18-10-20(34)32(21(18)14-5-3-2-4-6-14)17-7-8-19-15(9-17)11-30-33(19)23-28-12-16(25)13-29-23/h2-9,11-13,18,21H,10H2,1H3,(H,31,35)/t18-,21+/m1/s1. The Balaban J connectivity index is 1.53. The smallest absolute Gasteiger partial charge is 0.321 e. The van der Waals surface area contributed by atoms with Crippen molar-refractivity contribution in [2.45, 2.75) is 31.4 Å². The van der Waals surface area contributed by atoms with Crippen LogP contribution in [0, 0.1) is 5.82 Å². The third-order valence-corrected chi connectivity index (χ3v) is 5.80. The highest BCUT2D eigenvalue weighted by molar-refractivity contribution is 6.00. The molecule has 3 heterocycles. The first-order valence-electron chi connectivity index (χ1n) is 10.7. The van der Waals surface area contributed by atoms with E-state index in [-0.39, 0.29) is 18.3 Å². The van der Waals surface area contributed by atoms with Gasteiger partial charge in [-0.25, -0.2) is 14.4 Å². The first-order valence-corrected chi connectivity index (χ1v) is 10.7. The Bertz CT molecular complexity index is 1400. The summed E-state index contributed by atoms with van der Waals surface area (Å²) in [6.45, 7) is 0.519. The van der Waals surface area contributed by atoms with E-state index >= 15 is 0 Å². The lowest BCUT2D eigenvalue weighted by atomic mass is 9.99. The zero-order valence-corrected chi connectivity index (χ0v) is 18.4. The van der Waals surface area contributed by atoms with Gasteiger partial charge >= 0.3 is 5.92 Å². The molecule has 1 aliphatic heterocycles. The van der Waals surface area contributed by atoms with Crippen molar-refractivity contribution < 1.29 is 22.8 Å². The van der Waals surface area contributed by atoms with Crippen molar-refractivity contribution in [3.63, 3.8) is 0 Å². The molecule has 1 saturated heterocycles. The molecule has 2 amide bonds. The molecule has 4 aromatic rings. The molecule has 1 N–H and O–H groups in total. The number of aromatic nitrogens is 4. The molecule has 35 heavy (non-hydrogen) atoms. The number of carbonyl (C=O) groups excluding carboxylic acids is 2. The third-order valence-electron chi connectivity index (χ3n) is 5.80. The lowest BCUT2D eigenvalue weighted by Gasteiger charge is -2.29. The number of fused-ring (bicyclic) bond motifs is 1. The van der Waals surface area contributed by atoms with Crippen LogP contribution in [0.25, 0.3) is 16.9 Å². The van der Waals surface area contributed by atoms with Crippen LogP contribution in [0.2, 0.25) is 0 Å². The summed E-state index contributed by atoms with van der Waals surface area (Å²) in [6, 6.07) is 12.5. The molecule has 0 bridgehead atoms. The fourth-order valence-electron chi connectivity index (χ4n) is 4.24. The maximum atomic E-state index is 13.6. The van der Waals surface area contributed by atoms with Gasteiger partial charge in [-0.05, 0) is 23.8 Å². The Hall–Kier alpha value is -4.28. The van der Waals surface area contributed by atoms with Gasteiger partial charge in [0.05, 0.1) is 36.2 Å². The average molecular weight is 480 g/mol. The second-order valence-corrected chi connectivity index (χ2v) is 8.29. The molecule has 0 aliphatic carbocycles. The Morgan fingerprint density at radius 1 is 1.09 bits per heavy atom. The number of nitrogens with zero attached hydrogens (tertiary/aromatic N) is 5. The van der Waals surface area contributed by atoms with Crippen molar-refractivity contribution in [1.82, 2.24) is 25.1 Å². The van der Waals surface area contributed by atoms with E-state index in [9.17, 15) is 22.8 Å². The second-order valence-electron chi connectivity index (χ2n) is 8.29. The van der Waals surface area contributed by atoms with Crippen molar-refractivity contribution in [2.75, 3.05) is 4.90 Å². The zero-order valence-electron chi connectivity index (χ0n) is 18.4. The summed E-state index contributed by atoms with van der Waals surface area (Å²) in [6.07, 6.45) is 3.49. The number of hydrogen-bond acceptors (Lipinski definition) is 5. The topological polar surface area (TPSA) is 93.0 Å². The zero-order chi connectivity index (χ0) is 24.7. The van der Waals surface area contributed by atoms with Crippen molar-refractivity contribution >= 4 is 28.4 Å². The number of alkyl halides is 2. The van der Waals surface area contributed by atoms with Crippen LogP contribution in [0.1, 0.15) is 24.9 Å². The molecule has 2 atom stereocenters. The lowest BCUT2D eigenvalue weighted by Crippen LogP contribution is -2.46. The van der Waals surface area contributed by atoms with Crippen molar-refractivity contribution in [2.24, 2.45) is 0 Å². The minimum absolute atomic E-state index is 0.137. The number of amides is 2. The summed E-state index contributed by atoms with van der Waals surface area (Å²) >= 11 is 0. The Labute approximate surface area is 197 Å². The number of halogens is 3. The highest BCUT2D eigenvalue weighted by Crippen LogP contribution is 2.39. The van der Waals surface area contributed by atoms with Gasteiger partial charge in [0.1, 0.15) is 0 Å². The number of hydrogen-bond donors (Lipinski definition) is 1. The van der Waals surface area contributed by atoms with E-state index in [1.54, 1.807) is 54.7 Å². The molecule has 2 aromatic heterocycles. The van der Waals surface area contributed by atoms with Crippen LogP contribution in [0.5, 0.6) is 0 Å². The Kier molecular flexibility index (Phi) is 5.46. The molecule has 0 radical (unpaired) electrons. The van der Waals surface area contributed by atoms with E-state index in [0.29, 0.717) is 29.1 Å². The number of carbonyl (C=O) groups is 2. The van der Waals surface area contributed by atoms with E-state index in [0.717, 1.165) is 12.4 Å². The van der Waals surface area contributed by atoms with Gasteiger partial charge in [0, 0.05) is 24.4 Å². The summed E-state index contributed by atoms with van der Waals surface area (Å²) in [5.74, 6) is -5.73. The molecule has 1 fully saturated rings. The van der Waals surface area contributed by atoms with E-state index < -0.39 is 29.7 Å². The minimum Gasteiger partial charge on any atom is -0.345 e. The first kappa shape index (κ1) is 22.5. The van der Waals surface area contributed by atoms with Crippen LogP contribution in [0.3, 0.4) is 0 Å². The van der Waals surface area contributed by atoms with Crippen molar-refractivity contribution in [3.05, 3.63) is 78.5 Å². The molecule has 1 aliphatic rings. The van der Waals surface area contributed by atoms with Crippen LogP contribution < -0.4 is 10.2 Å². The fraction of sp³-hybridized carbons (Fsp3) is 0.208. The van der Waals surface area contributed by atoms with Gasteiger partial charge < -0.3 is 10.2 Å². The van der Waals surface area contributed by atoms with Gasteiger partial charge in [0.15, 0.2) is 5.82 Å². The number of benzene rings is 2. The van der Waals surface area contributed by atoms with Gasteiger partial charge in [-0.3, -0.25) is 9.59 Å². The van der Waals surface area contributed by atoms with Gasteiger partial charge in [0.25, 0.3) is 11.9 Å². The SMILES string of the molecule is CC(F)(F)C(=O)N[C@@H]1CC(=O)N(c2ccc3c(cnn3-c3ncc(F)cn3)c2)[C@H]1c1ccccc1. The first-order chi connectivity index (χ1) is 16.7. The fourth-order valence-corrected chi connectivity index (χ4v) is 4.24. The van der Waals surface area contributed by atoms with E-state index in [1.165, 1.54) is 9.58 Å². The minimum atomic E-state index is -3.58.